The molecular weight excluding hydrogens is 679 g/mol. The third-order valence-corrected chi connectivity index (χ3v) is 12.4. The number of benzene rings is 8. The number of thiophene rings is 2. The molecule has 10 aromatic rings. The van der Waals surface area contributed by atoms with Crippen LogP contribution in [0.4, 0.5) is 17.1 Å². The van der Waals surface area contributed by atoms with Gasteiger partial charge < -0.3 is 4.90 Å². The standard InChI is InChI=1S/C50H33NS2/c1-2-8-34(9-3-1)36-18-25-42(26-19-36)51(44-29-22-39(23-30-44)50-33-41-10-4-6-12-47(41)52-50)43-27-20-37(21-28-43)35-14-16-38(17-15-35)40-24-31-49-46(32-40)45-11-5-7-13-48(45)53-49/h1-33H. The summed E-state index contributed by atoms with van der Waals surface area (Å²) < 4.78 is 3.99. The van der Waals surface area contributed by atoms with Crippen LogP contribution in [0, 0.1) is 0 Å². The third-order valence-electron chi connectivity index (χ3n) is 10.1. The molecule has 0 saturated carbocycles. The Morgan fingerprint density at radius 2 is 0.736 bits per heavy atom. The van der Waals surface area contributed by atoms with Crippen molar-refractivity contribution in [2.45, 2.75) is 0 Å². The highest BCUT2D eigenvalue weighted by Crippen LogP contribution is 2.40. The van der Waals surface area contributed by atoms with Gasteiger partial charge in [-0.15, -0.1) is 22.7 Å². The van der Waals surface area contributed by atoms with E-state index in [-0.39, 0.29) is 0 Å². The van der Waals surface area contributed by atoms with Gasteiger partial charge in [0, 0.05) is 46.8 Å². The van der Waals surface area contributed by atoms with Crippen LogP contribution in [-0.4, -0.2) is 0 Å². The van der Waals surface area contributed by atoms with E-state index in [4.69, 9.17) is 0 Å². The second-order valence-electron chi connectivity index (χ2n) is 13.4. The summed E-state index contributed by atoms with van der Waals surface area (Å²) in [7, 11) is 0. The van der Waals surface area contributed by atoms with Crippen molar-refractivity contribution < 1.29 is 0 Å². The lowest BCUT2D eigenvalue weighted by Crippen LogP contribution is -2.09. The molecule has 53 heavy (non-hydrogen) atoms. The highest BCUT2D eigenvalue weighted by molar-refractivity contribution is 7.25. The molecule has 1 nitrogen and oxygen atoms in total. The molecule has 0 radical (unpaired) electrons. The molecule has 2 heterocycles. The molecule has 0 spiro atoms. The van der Waals surface area contributed by atoms with Gasteiger partial charge in [0.1, 0.15) is 0 Å². The number of rotatable bonds is 7. The lowest BCUT2D eigenvalue weighted by atomic mass is 9.99. The number of hydrogen-bond donors (Lipinski definition) is 0. The Balaban J connectivity index is 0.964. The molecule has 0 N–H and O–H groups in total. The Hall–Kier alpha value is -6.26. The van der Waals surface area contributed by atoms with E-state index < -0.39 is 0 Å². The van der Waals surface area contributed by atoms with Crippen molar-refractivity contribution in [3.63, 3.8) is 0 Å². The number of fused-ring (bicyclic) bond motifs is 4. The normalized spacial score (nSPS) is 11.4. The number of hydrogen-bond acceptors (Lipinski definition) is 3. The van der Waals surface area contributed by atoms with Gasteiger partial charge in [-0.3, -0.25) is 0 Å². The van der Waals surface area contributed by atoms with Crippen molar-refractivity contribution in [3.8, 4) is 43.8 Å². The van der Waals surface area contributed by atoms with Gasteiger partial charge in [-0.1, -0.05) is 133 Å². The van der Waals surface area contributed by atoms with Gasteiger partial charge in [-0.05, 0) is 111 Å². The van der Waals surface area contributed by atoms with Crippen molar-refractivity contribution in [1.82, 2.24) is 0 Å². The molecule has 3 heteroatoms. The Bertz CT molecular complexity index is 2810. The van der Waals surface area contributed by atoms with Crippen LogP contribution in [0.5, 0.6) is 0 Å². The zero-order chi connectivity index (χ0) is 35.1. The quantitative estimate of drug-likeness (QED) is 0.159. The first kappa shape index (κ1) is 31.5. The molecule has 0 saturated heterocycles. The van der Waals surface area contributed by atoms with E-state index in [1.165, 1.54) is 74.1 Å². The van der Waals surface area contributed by atoms with E-state index in [1.54, 1.807) is 0 Å². The Morgan fingerprint density at radius 3 is 1.36 bits per heavy atom. The van der Waals surface area contributed by atoms with E-state index in [9.17, 15) is 0 Å². The molecule has 0 unspecified atom stereocenters. The molecule has 0 atom stereocenters. The summed E-state index contributed by atoms with van der Waals surface area (Å²) in [6.07, 6.45) is 0. The van der Waals surface area contributed by atoms with Gasteiger partial charge in [0.05, 0.1) is 0 Å². The summed E-state index contributed by atoms with van der Waals surface area (Å²) in [5, 5.41) is 3.95. The first-order valence-corrected chi connectivity index (χ1v) is 19.5. The van der Waals surface area contributed by atoms with Crippen LogP contribution in [0.1, 0.15) is 0 Å². The predicted octanol–water partition coefficient (Wildman–Crippen LogP) is 15.4. The van der Waals surface area contributed by atoms with Crippen LogP contribution in [0.15, 0.2) is 200 Å². The van der Waals surface area contributed by atoms with Gasteiger partial charge >= 0.3 is 0 Å². The molecule has 10 rings (SSSR count). The fourth-order valence-electron chi connectivity index (χ4n) is 7.34. The molecule has 250 valence electrons. The van der Waals surface area contributed by atoms with Gasteiger partial charge in [0.25, 0.3) is 0 Å². The van der Waals surface area contributed by atoms with Crippen molar-refractivity contribution in [3.05, 3.63) is 200 Å². The summed E-state index contributed by atoms with van der Waals surface area (Å²) in [5.74, 6) is 0. The number of nitrogens with zero attached hydrogens (tertiary/aromatic N) is 1. The summed E-state index contributed by atoms with van der Waals surface area (Å²) in [6, 6.07) is 72.8. The molecule has 8 aromatic carbocycles. The summed E-state index contributed by atoms with van der Waals surface area (Å²) in [6.45, 7) is 0. The highest BCUT2D eigenvalue weighted by atomic mass is 32.1. The molecule has 0 aliphatic heterocycles. The maximum absolute atomic E-state index is 2.35. The molecule has 0 aliphatic rings. The van der Waals surface area contributed by atoms with Crippen molar-refractivity contribution in [2.75, 3.05) is 4.90 Å². The maximum Gasteiger partial charge on any atom is 0.0462 e. The summed E-state index contributed by atoms with van der Waals surface area (Å²) in [4.78, 5) is 3.63. The SMILES string of the molecule is c1ccc(-c2ccc(N(c3ccc(-c4ccc(-c5ccc6sc7ccccc7c6c5)cc4)cc3)c3ccc(-c4cc5ccccc5s4)cc3)cc2)cc1. The van der Waals surface area contributed by atoms with Crippen molar-refractivity contribution >= 4 is 70.0 Å². The fraction of sp³-hybridized carbons (Fsp3) is 0. The Kier molecular flexibility index (Phi) is 7.94. The van der Waals surface area contributed by atoms with Crippen LogP contribution in [0.25, 0.3) is 74.1 Å². The van der Waals surface area contributed by atoms with E-state index in [0.717, 1.165) is 17.1 Å². The Labute approximate surface area is 317 Å². The average molecular weight is 712 g/mol. The molecule has 2 aromatic heterocycles. The largest absolute Gasteiger partial charge is 0.311 e. The minimum atomic E-state index is 1.11. The second kappa shape index (κ2) is 13.4. The first-order chi connectivity index (χ1) is 26.2. The zero-order valence-corrected chi connectivity index (χ0v) is 30.4. The topological polar surface area (TPSA) is 3.24 Å². The van der Waals surface area contributed by atoms with E-state index in [0.29, 0.717) is 0 Å². The van der Waals surface area contributed by atoms with Gasteiger partial charge in [-0.25, -0.2) is 0 Å². The second-order valence-corrected chi connectivity index (χ2v) is 15.5. The van der Waals surface area contributed by atoms with Crippen molar-refractivity contribution in [1.29, 1.82) is 0 Å². The minimum Gasteiger partial charge on any atom is -0.311 e. The third kappa shape index (κ3) is 6.00. The molecular formula is C50H33NS2. The smallest absolute Gasteiger partial charge is 0.0462 e. The van der Waals surface area contributed by atoms with Crippen LogP contribution >= 0.6 is 22.7 Å². The zero-order valence-electron chi connectivity index (χ0n) is 28.8. The number of anilines is 3. The van der Waals surface area contributed by atoms with Crippen molar-refractivity contribution in [2.24, 2.45) is 0 Å². The monoisotopic (exact) mass is 711 g/mol. The van der Waals surface area contributed by atoms with Crippen LogP contribution < -0.4 is 4.90 Å². The van der Waals surface area contributed by atoms with E-state index in [1.807, 2.05) is 22.7 Å². The highest BCUT2D eigenvalue weighted by Gasteiger charge is 2.15. The van der Waals surface area contributed by atoms with E-state index in [2.05, 4.69) is 205 Å². The molecule has 0 amide bonds. The lowest BCUT2D eigenvalue weighted by Gasteiger charge is -2.26. The van der Waals surface area contributed by atoms with Crippen LogP contribution in [0.3, 0.4) is 0 Å². The molecule has 0 aliphatic carbocycles. The van der Waals surface area contributed by atoms with Gasteiger partial charge in [0.2, 0.25) is 0 Å². The first-order valence-electron chi connectivity index (χ1n) is 17.9. The van der Waals surface area contributed by atoms with E-state index >= 15 is 0 Å². The Morgan fingerprint density at radius 1 is 0.283 bits per heavy atom. The lowest BCUT2D eigenvalue weighted by molar-refractivity contribution is 1.28. The molecule has 0 bridgehead atoms. The maximum atomic E-state index is 2.35. The molecule has 0 fully saturated rings. The van der Waals surface area contributed by atoms with Crippen LogP contribution in [-0.2, 0) is 0 Å². The van der Waals surface area contributed by atoms with Crippen LogP contribution in [0.2, 0.25) is 0 Å². The average Bonchev–Trinajstić information content (AvgIpc) is 3.84. The summed E-state index contributed by atoms with van der Waals surface area (Å²) >= 11 is 3.71. The predicted molar refractivity (Wildman–Crippen MR) is 231 cm³/mol. The summed E-state index contributed by atoms with van der Waals surface area (Å²) in [5.41, 5.74) is 11.9. The van der Waals surface area contributed by atoms with Gasteiger partial charge in [0.15, 0.2) is 0 Å². The van der Waals surface area contributed by atoms with Gasteiger partial charge in [-0.2, -0.15) is 0 Å². The fourth-order valence-corrected chi connectivity index (χ4v) is 9.50. The minimum absolute atomic E-state index is 1.11.